The molecule has 1 aromatic carbocycles. The van der Waals surface area contributed by atoms with Gasteiger partial charge in [0, 0.05) is 11.4 Å². The summed E-state index contributed by atoms with van der Waals surface area (Å²) in [6, 6.07) is 9.35. The summed E-state index contributed by atoms with van der Waals surface area (Å²) in [6.07, 6.45) is 2.09. The largest absolute Gasteiger partial charge is 0.391 e. The first-order chi connectivity index (χ1) is 11.5. The second-order valence-electron chi connectivity index (χ2n) is 6.49. The van der Waals surface area contributed by atoms with E-state index < -0.39 is 6.10 Å². The van der Waals surface area contributed by atoms with Crippen LogP contribution in [0.4, 0.5) is 10.5 Å². The third-order valence-corrected chi connectivity index (χ3v) is 4.42. The van der Waals surface area contributed by atoms with Crippen molar-refractivity contribution in [3.05, 3.63) is 47.3 Å². The number of aryl methyl sites for hydroxylation is 2. The summed E-state index contributed by atoms with van der Waals surface area (Å²) in [5, 5.41) is 19.9. The van der Waals surface area contributed by atoms with Crippen molar-refractivity contribution in [2.75, 3.05) is 5.32 Å². The monoisotopic (exact) mass is 328 g/mol. The topological polar surface area (TPSA) is 79.2 Å². The summed E-state index contributed by atoms with van der Waals surface area (Å²) in [5.74, 6) is 0. The van der Waals surface area contributed by atoms with Crippen LogP contribution >= 0.6 is 0 Å². The highest BCUT2D eigenvalue weighted by Crippen LogP contribution is 2.19. The fraction of sp³-hybridized carbons (Fsp3) is 0.444. The van der Waals surface area contributed by atoms with Gasteiger partial charge in [0.25, 0.3) is 0 Å². The average Bonchev–Trinajstić information content (AvgIpc) is 3.05. The molecule has 24 heavy (non-hydrogen) atoms. The molecule has 0 unspecified atom stereocenters. The molecule has 0 aliphatic heterocycles. The Morgan fingerprint density at radius 2 is 2.17 bits per heavy atom. The van der Waals surface area contributed by atoms with Gasteiger partial charge in [0.15, 0.2) is 0 Å². The van der Waals surface area contributed by atoms with Crippen LogP contribution in [0.2, 0.25) is 0 Å². The van der Waals surface area contributed by atoms with Crippen molar-refractivity contribution >= 4 is 11.7 Å². The molecule has 1 aliphatic carbocycles. The lowest BCUT2D eigenvalue weighted by molar-refractivity contribution is 0.151. The fourth-order valence-electron chi connectivity index (χ4n) is 3.20. The first kappa shape index (κ1) is 16.5. The number of urea groups is 1. The summed E-state index contributed by atoms with van der Waals surface area (Å²) < 4.78 is 1.95. The quantitative estimate of drug-likeness (QED) is 0.807. The van der Waals surface area contributed by atoms with Crippen LogP contribution in [0.5, 0.6) is 0 Å². The smallest absolute Gasteiger partial charge is 0.319 e. The number of benzene rings is 1. The van der Waals surface area contributed by atoms with Gasteiger partial charge in [0.2, 0.25) is 0 Å². The molecule has 6 nitrogen and oxygen atoms in total. The lowest BCUT2D eigenvalue weighted by Gasteiger charge is -2.17. The molecule has 0 bridgehead atoms. The molecule has 1 fully saturated rings. The highest BCUT2D eigenvalue weighted by molar-refractivity contribution is 5.89. The van der Waals surface area contributed by atoms with Crippen molar-refractivity contribution in [2.24, 2.45) is 0 Å². The molecular formula is C18H24N4O2. The van der Waals surface area contributed by atoms with Crippen molar-refractivity contribution in [1.29, 1.82) is 0 Å². The first-order valence-corrected chi connectivity index (χ1v) is 8.37. The van der Waals surface area contributed by atoms with Crippen LogP contribution in [0.3, 0.4) is 0 Å². The van der Waals surface area contributed by atoms with Gasteiger partial charge in [-0.05, 0) is 56.9 Å². The standard InChI is InChI=1S/C18H24N4O2/c1-12-9-13(2)22(21-12)11-14-5-3-6-15(10-14)19-18(24)20-16-7-4-8-17(16)23/h3,5-6,9-10,16-17,23H,4,7-8,11H2,1-2H3,(H2,19,20,24)/t16-,17+/m1/s1. The van der Waals surface area contributed by atoms with Gasteiger partial charge in [-0.2, -0.15) is 5.10 Å². The Labute approximate surface area is 141 Å². The van der Waals surface area contributed by atoms with Crippen molar-refractivity contribution in [3.63, 3.8) is 0 Å². The summed E-state index contributed by atoms with van der Waals surface area (Å²) in [5.41, 5.74) is 3.91. The Morgan fingerprint density at radius 1 is 1.33 bits per heavy atom. The normalized spacial score (nSPS) is 20.1. The maximum atomic E-state index is 12.1. The minimum absolute atomic E-state index is 0.150. The van der Waals surface area contributed by atoms with Crippen LogP contribution in [0.25, 0.3) is 0 Å². The second-order valence-corrected chi connectivity index (χ2v) is 6.49. The van der Waals surface area contributed by atoms with Gasteiger partial charge in [0.05, 0.1) is 24.4 Å². The number of amides is 2. The van der Waals surface area contributed by atoms with Gasteiger partial charge in [-0.1, -0.05) is 12.1 Å². The Kier molecular flexibility index (Phi) is 4.85. The molecule has 3 N–H and O–H groups in total. The van der Waals surface area contributed by atoms with Crippen LogP contribution < -0.4 is 10.6 Å². The maximum Gasteiger partial charge on any atom is 0.319 e. The maximum absolute atomic E-state index is 12.1. The third-order valence-electron chi connectivity index (χ3n) is 4.42. The van der Waals surface area contributed by atoms with Crippen LogP contribution in [0.15, 0.2) is 30.3 Å². The van der Waals surface area contributed by atoms with E-state index in [1.54, 1.807) is 0 Å². The van der Waals surface area contributed by atoms with Crippen LogP contribution in [0, 0.1) is 13.8 Å². The number of aliphatic hydroxyl groups is 1. The Bertz CT molecular complexity index is 726. The number of hydrogen-bond donors (Lipinski definition) is 3. The van der Waals surface area contributed by atoms with Crippen molar-refractivity contribution in [1.82, 2.24) is 15.1 Å². The predicted octanol–water partition coefficient (Wildman–Crippen LogP) is 2.58. The fourth-order valence-corrected chi connectivity index (χ4v) is 3.20. The molecule has 1 saturated carbocycles. The lowest BCUT2D eigenvalue weighted by atomic mass is 10.2. The lowest BCUT2D eigenvalue weighted by Crippen LogP contribution is -2.42. The predicted molar refractivity (Wildman–Crippen MR) is 93.0 cm³/mol. The number of carbonyl (C=O) groups excluding carboxylic acids is 1. The molecule has 1 aromatic heterocycles. The molecule has 1 heterocycles. The molecule has 3 rings (SSSR count). The third kappa shape index (κ3) is 3.94. The molecule has 6 heteroatoms. The van der Waals surface area contributed by atoms with E-state index in [9.17, 15) is 9.90 Å². The van der Waals surface area contributed by atoms with Crippen LogP contribution in [-0.2, 0) is 6.54 Å². The minimum atomic E-state index is -0.437. The van der Waals surface area contributed by atoms with Gasteiger partial charge in [-0.3, -0.25) is 4.68 Å². The first-order valence-electron chi connectivity index (χ1n) is 8.37. The number of nitrogens with zero attached hydrogens (tertiary/aromatic N) is 2. The van der Waals surface area contributed by atoms with E-state index in [4.69, 9.17) is 0 Å². The highest BCUT2D eigenvalue weighted by Gasteiger charge is 2.26. The van der Waals surface area contributed by atoms with Crippen molar-refractivity contribution < 1.29 is 9.90 Å². The summed E-state index contributed by atoms with van der Waals surface area (Å²) in [7, 11) is 0. The van der Waals surface area contributed by atoms with E-state index in [-0.39, 0.29) is 12.1 Å². The van der Waals surface area contributed by atoms with Crippen molar-refractivity contribution in [2.45, 2.75) is 51.8 Å². The van der Waals surface area contributed by atoms with E-state index >= 15 is 0 Å². The number of aliphatic hydroxyl groups excluding tert-OH is 1. The molecule has 0 saturated heterocycles. The highest BCUT2D eigenvalue weighted by atomic mass is 16.3. The van der Waals surface area contributed by atoms with E-state index in [0.29, 0.717) is 6.54 Å². The van der Waals surface area contributed by atoms with E-state index in [1.807, 2.05) is 48.9 Å². The molecule has 1 aliphatic rings. The Balaban J connectivity index is 1.62. The number of anilines is 1. The van der Waals surface area contributed by atoms with Gasteiger partial charge in [-0.15, -0.1) is 0 Å². The second kappa shape index (κ2) is 7.05. The summed E-state index contributed by atoms with van der Waals surface area (Å²) in [4.78, 5) is 12.1. The van der Waals surface area contributed by atoms with Crippen LogP contribution in [-0.4, -0.2) is 33.1 Å². The van der Waals surface area contributed by atoms with E-state index in [0.717, 1.165) is 41.9 Å². The molecule has 2 amide bonds. The minimum Gasteiger partial charge on any atom is -0.391 e. The molecule has 0 radical (unpaired) electrons. The SMILES string of the molecule is Cc1cc(C)n(Cc2cccc(NC(=O)N[C@@H]3CCC[C@@H]3O)c2)n1. The van der Waals surface area contributed by atoms with Gasteiger partial charge in [0.1, 0.15) is 0 Å². The van der Waals surface area contributed by atoms with E-state index in [2.05, 4.69) is 15.7 Å². The number of carbonyl (C=O) groups is 1. The molecule has 0 spiro atoms. The number of nitrogens with one attached hydrogen (secondary N) is 2. The Morgan fingerprint density at radius 3 is 2.83 bits per heavy atom. The summed E-state index contributed by atoms with van der Waals surface area (Å²) >= 11 is 0. The zero-order valence-corrected chi connectivity index (χ0v) is 14.1. The van der Waals surface area contributed by atoms with Crippen molar-refractivity contribution in [3.8, 4) is 0 Å². The zero-order valence-electron chi connectivity index (χ0n) is 14.1. The molecule has 2 atom stereocenters. The number of hydrogen-bond acceptors (Lipinski definition) is 3. The molecule has 2 aromatic rings. The van der Waals surface area contributed by atoms with Crippen LogP contribution in [0.1, 0.15) is 36.2 Å². The van der Waals surface area contributed by atoms with Gasteiger partial charge >= 0.3 is 6.03 Å². The Hall–Kier alpha value is -2.34. The van der Waals surface area contributed by atoms with Gasteiger partial charge < -0.3 is 15.7 Å². The van der Waals surface area contributed by atoms with E-state index in [1.165, 1.54) is 0 Å². The summed E-state index contributed by atoms with van der Waals surface area (Å²) in [6.45, 7) is 4.67. The molecular weight excluding hydrogens is 304 g/mol. The molecule has 128 valence electrons. The number of rotatable bonds is 4. The van der Waals surface area contributed by atoms with Gasteiger partial charge in [-0.25, -0.2) is 4.79 Å². The average molecular weight is 328 g/mol. The number of aromatic nitrogens is 2. The zero-order chi connectivity index (χ0) is 17.1.